The average molecular weight is 238 g/mol. The van der Waals surface area contributed by atoms with Crippen molar-refractivity contribution in [3.05, 3.63) is 29.8 Å². The number of hydrogen-bond acceptors (Lipinski definition) is 3. The molecule has 0 radical (unpaired) electrons. The lowest BCUT2D eigenvalue weighted by Gasteiger charge is -2.13. The summed E-state index contributed by atoms with van der Waals surface area (Å²) in [6.45, 7) is 5.84. The van der Waals surface area contributed by atoms with Crippen LogP contribution >= 0.6 is 0 Å². The van der Waals surface area contributed by atoms with Gasteiger partial charge in [-0.2, -0.15) is 0 Å². The van der Waals surface area contributed by atoms with Crippen LogP contribution in [0.1, 0.15) is 38.4 Å². The molecule has 0 amide bonds. The quantitative estimate of drug-likeness (QED) is 0.708. The van der Waals surface area contributed by atoms with Crippen molar-refractivity contribution in [3.8, 4) is 5.75 Å². The zero-order valence-corrected chi connectivity index (χ0v) is 10.7. The van der Waals surface area contributed by atoms with Gasteiger partial charge in [-0.05, 0) is 30.5 Å². The number of aliphatic hydroxyl groups is 1. The lowest BCUT2D eigenvalue weighted by atomic mass is 10.1. The summed E-state index contributed by atoms with van der Waals surface area (Å²) in [5.74, 6) is 0.805. The molecule has 0 aliphatic carbocycles. The second-order valence-electron chi connectivity index (χ2n) is 4.01. The molecule has 17 heavy (non-hydrogen) atoms. The highest BCUT2D eigenvalue weighted by Crippen LogP contribution is 2.19. The van der Waals surface area contributed by atoms with Crippen molar-refractivity contribution < 1.29 is 14.6 Å². The molecule has 96 valence electrons. The fraction of sp³-hybridized carbons (Fsp3) is 0.571. The van der Waals surface area contributed by atoms with Crippen LogP contribution < -0.4 is 4.74 Å². The van der Waals surface area contributed by atoms with E-state index in [9.17, 15) is 5.11 Å². The maximum absolute atomic E-state index is 9.92. The van der Waals surface area contributed by atoms with E-state index in [1.807, 2.05) is 31.2 Å². The summed E-state index contributed by atoms with van der Waals surface area (Å²) in [5.41, 5.74) is 0.842. The van der Waals surface area contributed by atoms with Crippen LogP contribution in [-0.4, -0.2) is 24.9 Å². The molecule has 1 atom stereocenters. The van der Waals surface area contributed by atoms with Crippen LogP contribution in [0.15, 0.2) is 24.3 Å². The summed E-state index contributed by atoms with van der Waals surface area (Å²) in [6.07, 6.45) is 1.37. The molecule has 0 aliphatic rings. The van der Waals surface area contributed by atoms with Crippen molar-refractivity contribution in [1.29, 1.82) is 0 Å². The van der Waals surface area contributed by atoms with E-state index < -0.39 is 6.10 Å². The average Bonchev–Trinajstić information content (AvgIpc) is 2.37. The molecule has 1 aromatic carbocycles. The van der Waals surface area contributed by atoms with E-state index in [4.69, 9.17) is 9.47 Å². The normalized spacial score (nSPS) is 12.4. The summed E-state index contributed by atoms with van der Waals surface area (Å²) in [4.78, 5) is 0. The minimum atomic E-state index is -0.577. The molecule has 0 bridgehead atoms. The molecular weight excluding hydrogens is 216 g/mol. The Hall–Kier alpha value is -1.06. The SMILES string of the molecule is CCCOCC(O)c1cccc(OCCC)c1. The van der Waals surface area contributed by atoms with Crippen LogP contribution in [0, 0.1) is 0 Å². The van der Waals surface area contributed by atoms with E-state index in [2.05, 4.69) is 6.92 Å². The van der Waals surface area contributed by atoms with Crippen molar-refractivity contribution in [2.75, 3.05) is 19.8 Å². The zero-order valence-electron chi connectivity index (χ0n) is 10.7. The van der Waals surface area contributed by atoms with Crippen LogP contribution in [0.4, 0.5) is 0 Å². The molecule has 3 heteroatoms. The van der Waals surface area contributed by atoms with Gasteiger partial charge in [0.25, 0.3) is 0 Å². The highest BCUT2D eigenvalue weighted by molar-refractivity contribution is 5.29. The first kappa shape index (κ1) is 14.0. The molecule has 0 heterocycles. The van der Waals surface area contributed by atoms with Gasteiger partial charge in [-0.15, -0.1) is 0 Å². The van der Waals surface area contributed by atoms with Crippen LogP contribution in [0.25, 0.3) is 0 Å². The van der Waals surface area contributed by atoms with Gasteiger partial charge in [0.1, 0.15) is 11.9 Å². The number of benzene rings is 1. The molecule has 0 saturated heterocycles. The van der Waals surface area contributed by atoms with Crippen molar-refractivity contribution in [3.63, 3.8) is 0 Å². The summed E-state index contributed by atoms with van der Waals surface area (Å²) in [6, 6.07) is 7.55. The Kier molecular flexibility index (Phi) is 6.67. The van der Waals surface area contributed by atoms with Crippen LogP contribution in [-0.2, 0) is 4.74 Å². The highest BCUT2D eigenvalue weighted by Gasteiger charge is 2.08. The highest BCUT2D eigenvalue weighted by atomic mass is 16.5. The largest absolute Gasteiger partial charge is 0.494 e. The third kappa shape index (κ3) is 5.20. The second kappa shape index (κ2) is 8.09. The van der Waals surface area contributed by atoms with Gasteiger partial charge in [-0.3, -0.25) is 0 Å². The van der Waals surface area contributed by atoms with Crippen molar-refractivity contribution in [2.45, 2.75) is 32.8 Å². The Labute approximate surface area is 103 Å². The molecule has 0 saturated carbocycles. The summed E-state index contributed by atoms with van der Waals surface area (Å²) >= 11 is 0. The molecule has 0 aliphatic heterocycles. The molecule has 1 unspecified atom stereocenters. The maximum Gasteiger partial charge on any atom is 0.119 e. The first-order valence-electron chi connectivity index (χ1n) is 6.26. The van der Waals surface area contributed by atoms with E-state index >= 15 is 0 Å². The molecule has 0 fully saturated rings. The molecule has 0 aromatic heterocycles. The van der Waals surface area contributed by atoms with Gasteiger partial charge < -0.3 is 14.6 Å². The predicted octanol–water partition coefficient (Wildman–Crippen LogP) is 2.94. The Morgan fingerprint density at radius 2 is 1.94 bits per heavy atom. The van der Waals surface area contributed by atoms with Crippen LogP contribution in [0.2, 0.25) is 0 Å². The summed E-state index contributed by atoms with van der Waals surface area (Å²) in [5, 5.41) is 9.92. The number of rotatable bonds is 8. The van der Waals surface area contributed by atoms with Gasteiger partial charge in [0.2, 0.25) is 0 Å². The van der Waals surface area contributed by atoms with Gasteiger partial charge in [-0.1, -0.05) is 26.0 Å². The smallest absolute Gasteiger partial charge is 0.119 e. The van der Waals surface area contributed by atoms with Crippen molar-refractivity contribution in [1.82, 2.24) is 0 Å². The number of ether oxygens (including phenoxy) is 2. The Balaban J connectivity index is 2.51. The van der Waals surface area contributed by atoms with Crippen LogP contribution in [0.3, 0.4) is 0 Å². The standard InChI is InChI=1S/C14H22O3/c1-3-8-16-11-14(15)12-6-5-7-13(10-12)17-9-4-2/h5-7,10,14-15H,3-4,8-9,11H2,1-2H3. The fourth-order valence-corrected chi connectivity index (χ4v) is 1.47. The Bertz CT molecular complexity index is 312. The number of hydrogen-bond donors (Lipinski definition) is 1. The Morgan fingerprint density at radius 3 is 2.65 bits per heavy atom. The molecular formula is C14H22O3. The first-order chi connectivity index (χ1) is 8.27. The van der Waals surface area contributed by atoms with E-state index in [1.54, 1.807) is 0 Å². The maximum atomic E-state index is 9.92. The zero-order chi connectivity index (χ0) is 12.5. The van der Waals surface area contributed by atoms with E-state index in [0.717, 1.165) is 24.2 Å². The van der Waals surface area contributed by atoms with Gasteiger partial charge >= 0.3 is 0 Å². The van der Waals surface area contributed by atoms with Gasteiger partial charge in [-0.25, -0.2) is 0 Å². The van der Waals surface area contributed by atoms with E-state index in [0.29, 0.717) is 19.8 Å². The molecule has 1 N–H and O–H groups in total. The molecule has 1 aromatic rings. The summed E-state index contributed by atoms with van der Waals surface area (Å²) in [7, 11) is 0. The third-order valence-electron chi connectivity index (χ3n) is 2.34. The first-order valence-corrected chi connectivity index (χ1v) is 6.26. The number of aliphatic hydroxyl groups excluding tert-OH is 1. The topological polar surface area (TPSA) is 38.7 Å². The van der Waals surface area contributed by atoms with Crippen molar-refractivity contribution >= 4 is 0 Å². The van der Waals surface area contributed by atoms with Crippen molar-refractivity contribution in [2.24, 2.45) is 0 Å². The molecule has 3 nitrogen and oxygen atoms in total. The summed E-state index contributed by atoms with van der Waals surface area (Å²) < 4.78 is 10.8. The fourth-order valence-electron chi connectivity index (χ4n) is 1.47. The third-order valence-corrected chi connectivity index (χ3v) is 2.34. The minimum Gasteiger partial charge on any atom is -0.494 e. The lowest BCUT2D eigenvalue weighted by Crippen LogP contribution is -2.08. The van der Waals surface area contributed by atoms with Gasteiger partial charge in [0, 0.05) is 6.61 Å². The molecule has 1 rings (SSSR count). The van der Waals surface area contributed by atoms with Crippen LogP contribution in [0.5, 0.6) is 5.75 Å². The Morgan fingerprint density at radius 1 is 1.18 bits per heavy atom. The lowest BCUT2D eigenvalue weighted by molar-refractivity contribution is 0.0362. The minimum absolute atomic E-state index is 0.338. The predicted molar refractivity (Wildman–Crippen MR) is 68.3 cm³/mol. The van der Waals surface area contributed by atoms with Gasteiger partial charge in [0.15, 0.2) is 0 Å². The monoisotopic (exact) mass is 238 g/mol. The van der Waals surface area contributed by atoms with E-state index in [-0.39, 0.29) is 0 Å². The second-order valence-corrected chi connectivity index (χ2v) is 4.01. The molecule has 0 spiro atoms. The van der Waals surface area contributed by atoms with Gasteiger partial charge in [0.05, 0.1) is 13.2 Å². The van der Waals surface area contributed by atoms with E-state index in [1.165, 1.54) is 0 Å².